The van der Waals surface area contributed by atoms with Crippen LogP contribution < -0.4 is 0 Å². The standard InChI is InChI=1S/C20H26O5/c1-9(2)10-8-11-12(15(23)13(10)21)20-7-5-6-19(3,4)17(20)16(14(11)22)25-18(20)24/h8-9,14,16-17,21-23H,5-7H2,1-4H3/t14-,16+,17+,20-/m0/s1. The van der Waals surface area contributed by atoms with Gasteiger partial charge < -0.3 is 20.1 Å². The van der Waals surface area contributed by atoms with Gasteiger partial charge in [-0.05, 0) is 35.8 Å². The molecule has 5 nitrogen and oxygen atoms in total. The lowest BCUT2D eigenvalue weighted by molar-refractivity contribution is -0.148. The number of hydrogen-bond donors (Lipinski definition) is 3. The number of fused-ring (bicyclic) bond motifs is 1. The van der Waals surface area contributed by atoms with Crippen molar-refractivity contribution in [3.8, 4) is 11.5 Å². The molecule has 0 spiro atoms. The first-order valence-corrected chi connectivity index (χ1v) is 9.11. The summed E-state index contributed by atoms with van der Waals surface area (Å²) in [6, 6.07) is 1.74. The summed E-state index contributed by atoms with van der Waals surface area (Å²) in [6.07, 6.45) is 0.767. The lowest BCUT2D eigenvalue weighted by Gasteiger charge is -2.51. The summed E-state index contributed by atoms with van der Waals surface area (Å²) in [4.78, 5) is 13.0. The van der Waals surface area contributed by atoms with E-state index in [9.17, 15) is 20.1 Å². The topological polar surface area (TPSA) is 87.0 Å². The van der Waals surface area contributed by atoms with Gasteiger partial charge in [-0.3, -0.25) is 4.79 Å². The van der Waals surface area contributed by atoms with Gasteiger partial charge in [-0.15, -0.1) is 0 Å². The van der Waals surface area contributed by atoms with E-state index in [0.29, 0.717) is 23.1 Å². The number of aliphatic hydroxyl groups is 1. The Morgan fingerprint density at radius 3 is 2.52 bits per heavy atom. The number of carbonyl (C=O) groups excluding carboxylic acids is 1. The van der Waals surface area contributed by atoms with Crippen LogP contribution in [0.4, 0.5) is 0 Å². The van der Waals surface area contributed by atoms with Crippen molar-refractivity contribution < 1.29 is 24.9 Å². The lowest BCUT2D eigenvalue weighted by atomic mass is 9.49. The van der Waals surface area contributed by atoms with Crippen molar-refractivity contribution in [2.24, 2.45) is 11.3 Å². The van der Waals surface area contributed by atoms with Gasteiger partial charge in [0, 0.05) is 17.0 Å². The van der Waals surface area contributed by atoms with Gasteiger partial charge in [-0.2, -0.15) is 0 Å². The Kier molecular flexibility index (Phi) is 3.28. The third-order valence-electron chi connectivity index (χ3n) is 6.73. The predicted octanol–water partition coefficient (Wildman–Crippen LogP) is 3.26. The molecule has 3 N–H and O–H groups in total. The molecule has 3 aliphatic rings. The van der Waals surface area contributed by atoms with Crippen molar-refractivity contribution in [3.63, 3.8) is 0 Å². The molecular weight excluding hydrogens is 320 g/mol. The van der Waals surface area contributed by atoms with Gasteiger partial charge in [-0.1, -0.05) is 34.1 Å². The van der Waals surface area contributed by atoms with Gasteiger partial charge in [0.1, 0.15) is 17.6 Å². The Morgan fingerprint density at radius 1 is 1.20 bits per heavy atom. The Bertz CT molecular complexity index is 766. The second kappa shape index (κ2) is 4.91. The molecule has 1 saturated carbocycles. The fourth-order valence-electron chi connectivity index (χ4n) is 5.70. The van der Waals surface area contributed by atoms with E-state index in [1.807, 2.05) is 13.8 Å². The fourth-order valence-corrected chi connectivity index (χ4v) is 5.70. The molecule has 4 rings (SSSR count). The molecule has 2 fully saturated rings. The number of carbonyl (C=O) groups is 1. The van der Waals surface area contributed by atoms with Crippen molar-refractivity contribution in [1.29, 1.82) is 0 Å². The second-order valence-electron chi connectivity index (χ2n) is 8.89. The lowest BCUT2D eigenvalue weighted by Crippen LogP contribution is -2.54. The molecule has 1 aromatic carbocycles. The van der Waals surface area contributed by atoms with Gasteiger partial charge in [-0.25, -0.2) is 0 Å². The Morgan fingerprint density at radius 2 is 1.88 bits per heavy atom. The summed E-state index contributed by atoms with van der Waals surface area (Å²) in [5.41, 5.74) is 0.319. The van der Waals surface area contributed by atoms with E-state index < -0.39 is 17.6 Å². The molecule has 4 atom stereocenters. The highest BCUT2D eigenvalue weighted by Gasteiger charge is 2.70. The Hall–Kier alpha value is -1.75. The van der Waals surface area contributed by atoms with Crippen molar-refractivity contribution in [3.05, 3.63) is 22.8 Å². The van der Waals surface area contributed by atoms with Gasteiger partial charge in [0.2, 0.25) is 0 Å². The zero-order chi connectivity index (χ0) is 18.3. The first kappa shape index (κ1) is 16.7. The maximum absolute atomic E-state index is 13.0. The Balaban J connectivity index is 2.06. The number of hydrogen-bond acceptors (Lipinski definition) is 5. The number of phenols is 2. The highest BCUT2D eigenvalue weighted by Crippen LogP contribution is 2.66. The van der Waals surface area contributed by atoms with Crippen molar-refractivity contribution in [2.75, 3.05) is 0 Å². The second-order valence-corrected chi connectivity index (χ2v) is 8.89. The van der Waals surface area contributed by atoms with E-state index in [1.54, 1.807) is 6.07 Å². The molecule has 1 heterocycles. The van der Waals surface area contributed by atoms with Crippen LogP contribution in [0, 0.1) is 11.3 Å². The molecule has 0 radical (unpaired) electrons. The van der Waals surface area contributed by atoms with Gasteiger partial charge >= 0.3 is 5.97 Å². The number of phenolic OH excluding ortho intramolecular Hbond substituents is 2. The maximum atomic E-state index is 13.0. The summed E-state index contributed by atoms with van der Waals surface area (Å²) < 4.78 is 5.67. The van der Waals surface area contributed by atoms with Crippen LogP contribution in [0.3, 0.4) is 0 Å². The maximum Gasteiger partial charge on any atom is 0.317 e. The minimum Gasteiger partial charge on any atom is -0.504 e. The van der Waals surface area contributed by atoms with E-state index in [-0.39, 0.29) is 34.7 Å². The number of esters is 1. The summed E-state index contributed by atoms with van der Waals surface area (Å²) in [7, 11) is 0. The van der Waals surface area contributed by atoms with Crippen molar-refractivity contribution in [1.82, 2.24) is 0 Å². The van der Waals surface area contributed by atoms with Crippen LogP contribution in [-0.4, -0.2) is 27.4 Å². The van der Waals surface area contributed by atoms with Crippen LogP contribution in [0.2, 0.25) is 0 Å². The zero-order valence-electron chi connectivity index (χ0n) is 15.2. The predicted molar refractivity (Wildman–Crippen MR) is 91.5 cm³/mol. The van der Waals surface area contributed by atoms with Crippen LogP contribution in [0.25, 0.3) is 0 Å². The summed E-state index contributed by atoms with van der Waals surface area (Å²) >= 11 is 0. The molecule has 1 aromatic rings. The normalized spacial score (nSPS) is 35.3. The van der Waals surface area contributed by atoms with Gasteiger partial charge in [0.05, 0.1) is 0 Å². The van der Waals surface area contributed by atoms with Crippen molar-refractivity contribution in [2.45, 2.75) is 70.5 Å². The van der Waals surface area contributed by atoms with Crippen LogP contribution >= 0.6 is 0 Å². The van der Waals surface area contributed by atoms with E-state index in [4.69, 9.17) is 4.74 Å². The molecule has 0 unspecified atom stereocenters. The van der Waals surface area contributed by atoms with E-state index >= 15 is 0 Å². The smallest absolute Gasteiger partial charge is 0.317 e. The Labute approximate surface area is 147 Å². The number of ether oxygens (including phenoxy) is 1. The van der Waals surface area contributed by atoms with Crippen LogP contribution in [-0.2, 0) is 14.9 Å². The number of aromatic hydroxyl groups is 2. The summed E-state index contributed by atoms with van der Waals surface area (Å²) in [6.45, 7) is 8.02. The third kappa shape index (κ3) is 1.85. The quantitative estimate of drug-likeness (QED) is 0.537. The minimum atomic E-state index is -0.985. The third-order valence-corrected chi connectivity index (χ3v) is 6.73. The van der Waals surface area contributed by atoms with E-state index in [1.165, 1.54) is 0 Å². The molecule has 2 aliphatic carbocycles. The first-order valence-electron chi connectivity index (χ1n) is 9.11. The average molecular weight is 346 g/mol. The summed E-state index contributed by atoms with van der Waals surface area (Å²) in [5, 5.41) is 32.4. The van der Waals surface area contributed by atoms with Crippen LogP contribution in [0.1, 0.15) is 75.7 Å². The highest BCUT2D eigenvalue weighted by molar-refractivity contribution is 5.90. The SMILES string of the molecule is CC(C)c1cc2c(c(O)c1O)[C@@]13CCCC(C)(C)[C@H]1[C@H](OC3=O)[C@H]2O. The molecule has 1 saturated heterocycles. The summed E-state index contributed by atoms with van der Waals surface area (Å²) in [5.74, 6) is -1.05. The molecule has 2 bridgehead atoms. The molecule has 5 heteroatoms. The highest BCUT2D eigenvalue weighted by atomic mass is 16.6. The van der Waals surface area contributed by atoms with Crippen LogP contribution in [0.15, 0.2) is 6.07 Å². The minimum absolute atomic E-state index is 0.0179. The molecule has 25 heavy (non-hydrogen) atoms. The molecule has 0 amide bonds. The van der Waals surface area contributed by atoms with Gasteiger partial charge in [0.25, 0.3) is 0 Å². The van der Waals surface area contributed by atoms with E-state index in [2.05, 4.69) is 13.8 Å². The largest absolute Gasteiger partial charge is 0.504 e. The average Bonchev–Trinajstić information content (AvgIpc) is 2.79. The number of benzene rings is 1. The molecular formula is C20H26O5. The monoisotopic (exact) mass is 346 g/mol. The molecule has 0 aromatic heterocycles. The molecule has 1 aliphatic heterocycles. The first-order chi connectivity index (χ1) is 11.6. The van der Waals surface area contributed by atoms with Crippen LogP contribution in [0.5, 0.6) is 11.5 Å². The number of rotatable bonds is 1. The van der Waals surface area contributed by atoms with E-state index in [0.717, 1.165) is 12.8 Å². The fraction of sp³-hybridized carbons (Fsp3) is 0.650. The number of aliphatic hydroxyl groups excluding tert-OH is 1. The van der Waals surface area contributed by atoms with Crippen molar-refractivity contribution >= 4 is 5.97 Å². The van der Waals surface area contributed by atoms with Gasteiger partial charge in [0.15, 0.2) is 11.5 Å². The molecule has 136 valence electrons. The zero-order valence-corrected chi connectivity index (χ0v) is 15.2.